The number of alkyl halides is 1. The van der Waals surface area contributed by atoms with Gasteiger partial charge in [-0.3, -0.25) is 4.79 Å². The maximum absolute atomic E-state index is 12.2. The molecule has 0 aromatic heterocycles. The molecule has 3 nitrogen and oxygen atoms in total. The number of aryl methyl sites for hydroxylation is 1. The van der Waals surface area contributed by atoms with Crippen molar-refractivity contribution >= 4 is 17.5 Å². The van der Waals surface area contributed by atoms with Crippen LogP contribution in [0.3, 0.4) is 0 Å². The minimum absolute atomic E-state index is 0.0509. The zero-order valence-electron chi connectivity index (χ0n) is 9.82. The highest BCUT2D eigenvalue weighted by molar-refractivity contribution is 6.18. The van der Waals surface area contributed by atoms with Crippen LogP contribution in [0.5, 0.6) is 5.75 Å². The molecule has 1 heterocycles. The van der Waals surface area contributed by atoms with Crippen LogP contribution in [0.15, 0.2) is 18.2 Å². The Bertz CT molecular complexity index is 433. The molecule has 1 aliphatic rings. The van der Waals surface area contributed by atoms with E-state index in [2.05, 4.69) is 0 Å². The lowest BCUT2D eigenvalue weighted by Gasteiger charge is -2.17. The molecule has 17 heavy (non-hydrogen) atoms. The van der Waals surface area contributed by atoms with E-state index in [0.29, 0.717) is 23.9 Å². The third-order valence-electron chi connectivity index (χ3n) is 3.17. The highest BCUT2D eigenvalue weighted by atomic mass is 35.5. The number of aromatic hydroxyl groups is 1. The number of rotatable bonds is 2. The number of amides is 1. The average molecular weight is 254 g/mol. The minimum Gasteiger partial charge on any atom is -0.507 e. The molecule has 2 rings (SSSR count). The Kier molecular flexibility index (Phi) is 3.57. The summed E-state index contributed by atoms with van der Waals surface area (Å²) in [6.45, 7) is 3.32. The summed E-state index contributed by atoms with van der Waals surface area (Å²) in [5.41, 5.74) is 1.36. The molecule has 1 atom stereocenters. The smallest absolute Gasteiger partial charge is 0.257 e. The van der Waals surface area contributed by atoms with Gasteiger partial charge in [0.05, 0.1) is 5.56 Å². The first-order chi connectivity index (χ1) is 8.11. The quantitative estimate of drug-likeness (QED) is 0.823. The van der Waals surface area contributed by atoms with Gasteiger partial charge in [0.1, 0.15) is 5.75 Å². The van der Waals surface area contributed by atoms with Crippen LogP contribution in [-0.4, -0.2) is 34.9 Å². The molecule has 0 spiro atoms. The second kappa shape index (κ2) is 4.96. The predicted octanol–water partition coefficient (Wildman–Crippen LogP) is 2.40. The summed E-state index contributed by atoms with van der Waals surface area (Å²) in [6.07, 6.45) is 0.946. The summed E-state index contributed by atoms with van der Waals surface area (Å²) < 4.78 is 0. The normalized spacial score (nSPS) is 19.6. The minimum atomic E-state index is -0.0983. The van der Waals surface area contributed by atoms with E-state index in [9.17, 15) is 9.90 Å². The van der Waals surface area contributed by atoms with E-state index in [1.165, 1.54) is 0 Å². The van der Waals surface area contributed by atoms with Crippen LogP contribution < -0.4 is 0 Å². The van der Waals surface area contributed by atoms with Crippen molar-refractivity contribution in [2.75, 3.05) is 19.0 Å². The van der Waals surface area contributed by atoms with Crippen molar-refractivity contribution in [1.82, 2.24) is 4.90 Å². The number of hydrogen-bond acceptors (Lipinski definition) is 2. The standard InChI is InChI=1S/C13H16ClNO2/c1-9-2-3-12(16)11(6-9)13(17)15-5-4-10(7-14)8-15/h2-3,6,10,16H,4-5,7-8H2,1H3. The largest absolute Gasteiger partial charge is 0.507 e. The van der Waals surface area contributed by atoms with Gasteiger partial charge in [0, 0.05) is 19.0 Å². The Balaban J connectivity index is 2.17. The monoisotopic (exact) mass is 253 g/mol. The van der Waals surface area contributed by atoms with E-state index < -0.39 is 0 Å². The molecule has 0 radical (unpaired) electrons. The zero-order chi connectivity index (χ0) is 12.4. The fourth-order valence-corrected chi connectivity index (χ4v) is 2.39. The zero-order valence-corrected chi connectivity index (χ0v) is 10.6. The average Bonchev–Trinajstić information content (AvgIpc) is 2.80. The van der Waals surface area contributed by atoms with E-state index in [1.807, 2.05) is 6.92 Å². The van der Waals surface area contributed by atoms with Gasteiger partial charge in [-0.2, -0.15) is 0 Å². The third-order valence-corrected chi connectivity index (χ3v) is 3.61. The molecule has 1 aliphatic heterocycles. The van der Waals surface area contributed by atoms with E-state index in [0.717, 1.165) is 18.5 Å². The number of halogens is 1. The molecule has 0 aliphatic carbocycles. The Morgan fingerprint density at radius 3 is 3.00 bits per heavy atom. The molecule has 1 unspecified atom stereocenters. The summed E-state index contributed by atoms with van der Waals surface area (Å²) in [5, 5.41) is 9.72. The number of phenols is 1. The molecule has 1 fully saturated rings. The van der Waals surface area contributed by atoms with Crippen molar-refractivity contribution in [2.24, 2.45) is 5.92 Å². The molecule has 1 aromatic carbocycles. The van der Waals surface area contributed by atoms with Gasteiger partial charge in [-0.15, -0.1) is 11.6 Å². The van der Waals surface area contributed by atoms with Gasteiger partial charge in [0.2, 0.25) is 0 Å². The topological polar surface area (TPSA) is 40.5 Å². The first-order valence-corrected chi connectivity index (χ1v) is 6.30. The van der Waals surface area contributed by atoms with Gasteiger partial charge in [0.15, 0.2) is 0 Å². The molecule has 1 N–H and O–H groups in total. The van der Waals surface area contributed by atoms with Crippen molar-refractivity contribution in [3.8, 4) is 5.75 Å². The van der Waals surface area contributed by atoms with Gasteiger partial charge in [-0.05, 0) is 31.4 Å². The second-order valence-electron chi connectivity index (χ2n) is 4.58. The lowest BCUT2D eigenvalue weighted by molar-refractivity contribution is 0.0785. The summed E-state index contributed by atoms with van der Waals surface area (Å²) >= 11 is 5.79. The van der Waals surface area contributed by atoms with Crippen LogP contribution in [0, 0.1) is 12.8 Å². The maximum Gasteiger partial charge on any atom is 0.257 e. The summed E-state index contributed by atoms with van der Waals surface area (Å²) in [7, 11) is 0. The third kappa shape index (κ3) is 2.55. The fourth-order valence-electron chi connectivity index (χ4n) is 2.13. The Hall–Kier alpha value is -1.22. The molecule has 1 saturated heterocycles. The lowest BCUT2D eigenvalue weighted by atomic mass is 10.1. The molecule has 0 saturated carbocycles. The van der Waals surface area contributed by atoms with Crippen LogP contribution >= 0.6 is 11.6 Å². The van der Waals surface area contributed by atoms with Crippen LogP contribution in [0.25, 0.3) is 0 Å². The predicted molar refractivity (Wildman–Crippen MR) is 67.6 cm³/mol. The summed E-state index contributed by atoms with van der Waals surface area (Å²) in [5.74, 6) is 0.921. The number of hydrogen-bond donors (Lipinski definition) is 1. The Labute approximate surface area is 106 Å². The first-order valence-electron chi connectivity index (χ1n) is 5.76. The molecule has 0 bridgehead atoms. The number of carbonyl (C=O) groups excluding carboxylic acids is 1. The van der Waals surface area contributed by atoms with Crippen LogP contribution in [0.1, 0.15) is 22.3 Å². The number of phenolic OH excluding ortho intramolecular Hbond substituents is 1. The van der Waals surface area contributed by atoms with Crippen molar-refractivity contribution in [3.63, 3.8) is 0 Å². The van der Waals surface area contributed by atoms with E-state index in [-0.39, 0.29) is 11.7 Å². The SMILES string of the molecule is Cc1ccc(O)c(C(=O)N2CCC(CCl)C2)c1. The summed E-state index contributed by atoms with van der Waals surface area (Å²) in [4.78, 5) is 14.0. The highest BCUT2D eigenvalue weighted by Gasteiger charge is 2.27. The van der Waals surface area contributed by atoms with Gasteiger partial charge in [-0.25, -0.2) is 0 Å². The molecular formula is C13H16ClNO2. The van der Waals surface area contributed by atoms with Crippen molar-refractivity contribution in [3.05, 3.63) is 29.3 Å². The van der Waals surface area contributed by atoms with E-state index >= 15 is 0 Å². The maximum atomic E-state index is 12.2. The second-order valence-corrected chi connectivity index (χ2v) is 4.89. The number of likely N-dealkylation sites (tertiary alicyclic amines) is 1. The van der Waals surface area contributed by atoms with Crippen LogP contribution in [-0.2, 0) is 0 Å². The van der Waals surface area contributed by atoms with Crippen molar-refractivity contribution in [1.29, 1.82) is 0 Å². The highest BCUT2D eigenvalue weighted by Crippen LogP contribution is 2.24. The van der Waals surface area contributed by atoms with Crippen LogP contribution in [0.4, 0.5) is 0 Å². The van der Waals surface area contributed by atoms with Crippen molar-refractivity contribution < 1.29 is 9.90 Å². The summed E-state index contributed by atoms with van der Waals surface area (Å²) in [6, 6.07) is 5.08. The van der Waals surface area contributed by atoms with Gasteiger partial charge < -0.3 is 10.0 Å². The van der Waals surface area contributed by atoms with Gasteiger partial charge >= 0.3 is 0 Å². The Morgan fingerprint density at radius 1 is 1.59 bits per heavy atom. The Morgan fingerprint density at radius 2 is 2.35 bits per heavy atom. The first kappa shape index (κ1) is 12.2. The fraction of sp³-hybridized carbons (Fsp3) is 0.462. The van der Waals surface area contributed by atoms with Gasteiger partial charge in [0.25, 0.3) is 5.91 Å². The van der Waals surface area contributed by atoms with Gasteiger partial charge in [-0.1, -0.05) is 11.6 Å². The van der Waals surface area contributed by atoms with Crippen LogP contribution in [0.2, 0.25) is 0 Å². The molecule has 4 heteroatoms. The lowest BCUT2D eigenvalue weighted by Crippen LogP contribution is -2.29. The van der Waals surface area contributed by atoms with E-state index in [1.54, 1.807) is 23.1 Å². The number of benzene rings is 1. The number of carbonyl (C=O) groups is 1. The molecule has 92 valence electrons. The molecule has 1 aromatic rings. The molecular weight excluding hydrogens is 238 g/mol. The van der Waals surface area contributed by atoms with Crippen molar-refractivity contribution in [2.45, 2.75) is 13.3 Å². The van der Waals surface area contributed by atoms with E-state index in [4.69, 9.17) is 11.6 Å². The number of nitrogens with zero attached hydrogens (tertiary/aromatic N) is 1. The molecule has 1 amide bonds.